The standard InChI is InChI=1S/C29H39ClN4O2/c1-23(35)34-14-6-13-32(21-25-7-4-3-5-8-25)17-18-33(22-26-20-27(30)9-10-28(26)34)29(36)19-24-11-15-31(2)16-12-24/h3-5,7-10,20,24H,6,11-19,21-22H2,1-2H3. The summed E-state index contributed by atoms with van der Waals surface area (Å²) in [7, 11) is 2.15. The SMILES string of the molecule is CC(=O)N1CCCN(Cc2ccccc2)CCN(C(=O)CC2CCN(C)CC2)Cc2cc(Cl)ccc21. The number of anilines is 1. The van der Waals surface area contributed by atoms with Crippen LogP contribution in [0.3, 0.4) is 0 Å². The van der Waals surface area contributed by atoms with Crippen LogP contribution in [0.15, 0.2) is 48.5 Å². The summed E-state index contributed by atoms with van der Waals surface area (Å²) < 4.78 is 0. The topological polar surface area (TPSA) is 47.1 Å². The quantitative estimate of drug-likeness (QED) is 0.600. The Morgan fingerprint density at radius 1 is 0.944 bits per heavy atom. The monoisotopic (exact) mass is 510 g/mol. The molecule has 0 N–H and O–H groups in total. The number of rotatable bonds is 4. The van der Waals surface area contributed by atoms with Gasteiger partial charge in [0, 0.05) is 63.3 Å². The molecular weight excluding hydrogens is 472 g/mol. The van der Waals surface area contributed by atoms with Crippen molar-refractivity contribution in [2.75, 3.05) is 51.2 Å². The molecule has 0 unspecified atom stereocenters. The van der Waals surface area contributed by atoms with Crippen LogP contribution in [0.25, 0.3) is 0 Å². The molecule has 0 aromatic heterocycles. The van der Waals surface area contributed by atoms with Gasteiger partial charge in [-0.25, -0.2) is 0 Å². The summed E-state index contributed by atoms with van der Waals surface area (Å²) in [5, 5.41) is 0.626. The molecule has 0 saturated carbocycles. The average molecular weight is 511 g/mol. The number of halogens is 1. The molecule has 194 valence electrons. The molecule has 0 aliphatic carbocycles. The van der Waals surface area contributed by atoms with Crippen LogP contribution < -0.4 is 4.90 Å². The Bertz CT molecular complexity index is 1020. The minimum absolute atomic E-state index is 0.0108. The van der Waals surface area contributed by atoms with Crippen molar-refractivity contribution in [2.45, 2.75) is 45.7 Å². The second-order valence-electron chi connectivity index (χ2n) is 10.3. The molecule has 2 aliphatic heterocycles. The van der Waals surface area contributed by atoms with E-state index in [0.717, 1.165) is 63.2 Å². The molecule has 2 aliphatic rings. The third-order valence-electron chi connectivity index (χ3n) is 7.52. The summed E-state index contributed by atoms with van der Waals surface area (Å²) in [5.74, 6) is 0.639. The molecule has 1 saturated heterocycles. The van der Waals surface area contributed by atoms with Gasteiger partial charge in [-0.05, 0) is 74.6 Å². The number of fused-ring (bicyclic) bond motifs is 1. The highest BCUT2D eigenvalue weighted by molar-refractivity contribution is 6.30. The van der Waals surface area contributed by atoms with E-state index < -0.39 is 0 Å². The van der Waals surface area contributed by atoms with Crippen LogP contribution in [0, 0.1) is 5.92 Å². The number of carbonyl (C=O) groups excluding carboxylic acids is 2. The Balaban J connectivity index is 1.58. The highest BCUT2D eigenvalue weighted by atomic mass is 35.5. The first-order valence-corrected chi connectivity index (χ1v) is 13.6. The van der Waals surface area contributed by atoms with Crippen molar-refractivity contribution in [3.8, 4) is 0 Å². The first-order valence-electron chi connectivity index (χ1n) is 13.2. The fraction of sp³-hybridized carbons (Fsp3) is 0.517. The summed E-state index contributed by atoms with van der Waals surface area (Å²) >= 11 is 6.39. The Morgan fingerprint density at radius 2 is 1.69 bits per heavy atom. The molecule has 36 heavy (non-hydrogen) atoms. The zero-order chi connectivity index (χ0) is 25.5. The van der Waals surface area contributed by atoms with E-state index in [9.17, 15) is 9.59 Å². The zero-order valence-corrected chi connectivity index (χ0v) is 22.4. The normalized spacial score (nSPS) is 19.0. The summed E-state index contributed by atoms with van der Waals surface area (Å²) in [5.41, 5.74) is 3.06. The van der Waals surface area contributed by atoms with E-state index >= 15 is 0 Å². The number of piperidine rings is 1. The predicted octanol–water partition coefficient (Wildman–Crippen LogP) is 4.66. The van der Waals surface area contributed by atoms with E-state index in [4.69, 9.17) is 11.6 Å². The molecule has 0 atom stereocenters. The Morgan fingerprint density at radius 3 is 2.42 bits per heavy atom. The second-order valence-corrected chi connectivity index (χ2v) is 10.8. The molecule has 4 rings (SSSR count). The van der Waals surface area contributed by atoms with Crippen LogP contribution in [-0.2, 0) is 22.7 Å². The Labute approximate surface area is 220 Å². The average Bonchev–Trinajstić information content (AvgIpc) is 2.89. The highest BCUT2D eigenvalue weighted by Crippen LogP contribution is 2.28. The first kappa shape index (κ1) is 26.6. The highest BCUT2D eigenvalue weighted by Gasteiger charge is 2.26. The number of likely N-dealkylation sites (tertiary alicyclic amines) is 1. The summed E-state index contributed by atoms with van der Waals surface area (Å²) in [6, 6.07) is 16.1. The molecule has 0 spiro atoms. The molecule has 6 nitrogen and oxygen atoms in total. The van der Waals surface area contributed by atoms with Crippen molar-refractivity contribution in [1.82, 2.24) is 14.7 Å². The predicted molar refractivity (Wildman–Crippen MR) is 146 cm³/mol. The van der Waals surface area contributed by atoms with Crippen LogP contribution in [0.5, 0.6) is 0 Å². The maximum absolute atomic E-state index is 13.7. The molecule has 2 aromatic carbocycles. The van der Waals surface area contributed by atoms with Crippen molar-refractivity contribution in [2.24, 2.45) is 5.92 Å². The van der Waals surface area contributed by atoms with E-state index in [2.05, 4.69) is 41.1 Å². The Hall–Kier alpha value is -2.41. The maximum Gasteiger partial charge on any atom is 0.223 e. The summed E-state index contributed by atoms with van der Waals surface area (Å²) in [6.07, 6.45) is 3.57. The molecule has 1 fully saturated rings. The van der Waals surface area contributed by atoms with Gasteiger partial charge in [-0.1, -0.05) is 41.9 Å². The molecule has 2 heterocycles. The van der Waals surface area contributed by atoms with E-state index in [-0.39, 0.29) is 11.8 Å². The van der Waals surface area contributed by atoms with Crippen molar-refractivity contribution >= 4 is 29.1 Å². The lowest BCUT2D eigenvalue weighted by Crippen LogP contribution is -2.40. The van der Waals surface area contributed by atoms with E-state index in [1.807, 2.05) is 34.1 Å². The van der Waals surface area contributed by atoms with Crippen LogP contribution in [0.1, 0.15) is 43.7 Å². The van der Waals surface area contributed by atoms with Crippen molar-refractivity contribution in [3.05, 3.63) is 64.7 Å². The Kier molecular flexibility index (Phi) is 9.41. The van der Waals surface area contributed by atoms with Gasteiger partial charge in [0.2, 0.25) is 11.8 Å². The number of carbonyl (C=O) groups is 2. The lowest BCUT2D eigenvalue weighted by molar-refractivity contribution is -0.133. The minimum atomic E-state index is 0.0108. The van der Waals surface area contributed by atoms with Gasteiger partial charge in [-0.15, -0.1) is 0 Å². The molecule has 7 heteroatoms. The van der Waals surface area contributed by atoms with Crippen LogP contribution in [-0.4, -0.2) is 72.8 Å². The smallest absolute Gasteiger partial charge is 0.223 e. The fourth-order valence-electron chi connectivity index (χ4n) is 5.36. The largest absolute Gasteiger partial charge is 0.337 e. The number of benzene rings is 2. The van der Waals surface area contributed by atoms with Gasteiger partial charge >= 0.3 is 0 Å². The number of hydrogen-bond donors (Lipinski definition) is 0. The maximum atomic E-state index is 13.7. The second kappa shape index (κ2) is 12.7. The van der Waals surface area contributed by atoms with Crippen LogP contribution in [0.2, 0.25) is 5.02 Å². The zero-order valence-electron chi connectivity index (χ0n) is 21.7. The van der Waals surface area contributed by atoms with Gasteiger partial charge in [0.1, 0.15) is 0 Å². The molecular formula is C29H39ClN4O2. The third kappa shape index (κ3) is 7.31. The van der Waals surface area contributed by atoms with Crippen LogP contribution in [0.4, 0.5) is 5.69 Å². The van der Waals surface area contributed by atoms with Gasteiger partial charge in [-0.3, -0.25) is 14.5 Å². The molecule has 2 amide bonds. The van der Waals surface area contributed by atoms with E-state index in [1.54, 1.807) is 6.92 Å². The van der Waals surface area contributed by atoms with Crippen molar-refractivity contribution < 1.29 is 9.59 Å². The van der Waals surface area contributed by atoms with E-state index in [1.165, 1.54) is 5.56 Å². The number of amides is 2. The summed E-state index contributed by atoms with van der Waals surface area (Å²) in [6.45, 7) is 7.96. The van der Waals surface area contributed by atoms with E-state index in [0.29, 0.717) is 37.0 Å². The fourth-order valence-corrected chi connectivity index (χ4v) is 5.55. The van der Waals surface area contributed by atoms with Crippen LogP contribution >= 0.6 is 11.6 Å². The minimum Gasteiger partial charge on any atom is -0.337 e. The summed E-state index contributed by atoms with van der Waals surface area (Å²) in [4.78, 5) is 34.9. The first-order chi connectivity index (χ1) is 17.4. The molecule has 0 radical (unpaired) electrons. The van der Waals surface area contributed by atoms with Gasteiger partial charge < -0.3 is 14.7 Å². The molecule has 0 bridgehead atoms. The third-order valence-corrected chi connectivity index (χ3v) is 7.75. The van der Waals surface area contributed by atoms with Gasteiger partial charge in [0.15, 0.2) is 0 Å². The van der Waals surface area contributed by atoms with Gasteiger partial charge in [-0.2, -0.15) is 0 Å². The van der Waals surface area contributed by atoms with Gasteiger partial charge in [0.05, 0.1) is 0 Å². The number of hydrogen-bond acceptors (Lipinski definition) is 4. The van der Waals surface area contributed by atoms with Crippen molar-refractivity contribution in [3.63, 3.8) is 0 Å². The molecule has 2 aromatic rings. The lowest BCUT2D eigenvalue weighted by Gasteiger charge is -2.32. The number of nitrogens with zero attached hydrogens (tertiary/aromatic N) is 4. The lowest BCUT2D eigenvalue weighted by atomic mass is 9.93. The van der Waals surface area contributed by atoms with Gasteiger partial charge in [0.25, 0.3) is 0 Å². The van der Waals surface area contributed by atoms with Crippen molar-refractivity contribution in [1.29, 1.82) is 0 Å².